The van der Waals surface area contributed by atoms with Gasteiger partial charge in [0.15, 0.2) is 0 Å². The van der Waals surface area contributed by atoms with Crippen LogP contribution >= 0.6 is 0 Å². The third-order valence-corrected chi connectivity index (χ3v) is 8.63. The van der Waals surface area contributed by atoms with E-state index in [1.165, 1.54) is 36.2 Å². The zero-order valence-electron chi connectivity index (χ0n) is 23.5. The summed E-state index contributed by atoms with van der Waals surface area (Å²) in [7, 11) is 2.45. The van der Waals surface area contributed by atoms with E-state index in [-0.39, 0.29) is 24.6 Å². The topological polar surface area (TPSA) is 146 Å². The van der Waals surface area contributed by atoms with Crippen LogP contribution in [0, 0.1) is 0 Å². The Morgan fingerprint density at radius 3 is 1.39 bits per heavy atom. The lowest BCUT2D eigenvalue weighted by atomic mass is 9.80. The van der Waals surface area contributed by atoms with Crippen LogP contribution < -0.4 is 19.3 Å². The van der Waals surface area contributed by atoms with Crippen molar-refractivity contribution < 1.29 is 47.7 Å². The Labute approximate surface area is 250 Å². The number of amides is 2. The highest BCUT2D eigenvalue weighted by Crippen LogP contribution is 2.55. The number of benzene rings is 3. The molecule has 0 aromatic heterocycles. The molecule has 12 nitrogen and oxygen atoms in total. The number of para-hydroxylation sites is 2. The largest absolute Gasteiger partial charge is 0.468 e. The van der Waals surface area contributed by atoms with Gasteiger partial charge in [0.2, 0.25) is 11.8 Å². The molecule has 4 aliphatic rings. The SMILES string of the molecule is COC(=O)CN1C(=O)C(C2C(=O)Oc3cc4c(cc32)OC(=O)C4C2C(=O)N(CC(=O)OC)c3ccccc32)c2ccccc21. The van der Waals surface area contributed by atoms with E-state index in [0.29, 0.717) is 33.6 Å². The average Bonchev–Trinajstić information content (AvgIpc) is 3.68. The van der Waals surface area contributed by atoms with Gasteiger partial charge in [-0.3, -0.25) is 28.8 Å². The van der Waals surface area contributed by atoms with Crippen LogP contribution in [-0.4, -0.2) is 63.0 Å². The van der Waals surface area contributed by atoms with Crippen molar-refractivity contribution >= 4 is 47.1 Å². The van der Waals surface area contributed by atoms with E-state index >= 15 is 0 Å². The zero-order chi connectivity index (χ0) is 30.9. The second kappa shape index (κ2) is 10.0. The molecule has 7 rings (SSSR count). The van der Waals surface area contributed by atoms with Gasteiger partial charge < -0.3 is 28.7 Å². The molecule has 4 heterocycles. The Morgan fingerprint density at radius 2 is 1.00 bits per heavy atom. The van der Waals surface area contributed by atoms with Crippen molar-refractivity contribution in [2.75, 3.05) is 37.1 Å². The fourth-order valence-electron chi connectivity index (χ4n) is 6.67. The molecule has 0 saturated carbocycles. The monoisotopic (exact) mass is 596 g/mol. The summed E-state index contributed by atoms with van der Waals surface area (Å²) in [5.41, 5.74) is 2.76. The van der Waals surface area contributed by atoms with E-state index in [4.69, 9.17) is 18.9 Å². The molecule has 0 N–H and O–H groups in total. The minimum absolute atomic E-state index is 0.142. The number of hydrogen-bond acceptors (Lipinski definition) is 10. The molecular formula is C32H24N2O10. The van der Waals surface area contributed by atoms with Crippen molar-refractivity contribution in [3.05, 3.63) is 82.9 Å². The number of carbonyl (C=O) groups is 6. The smallest absolute Gasteiger partial charge is 0.325 e. The first-order chi connectivity index (χ1) is 21.2. The second-order valence-electron chi connectivity index (χ2n) is 10.8. The number of fused-ring (bicyclic) bond motifs is 4. The fraction of sp³-hybridized carbons (Fsp3) is 0.250. The van der Waals surface area contributed by atoms with Crippen molar-refractivity contribution in [1.29, 1.82) is 0 Å². The maximum Gasteiger partial charge on any atom is 0.325 e. The first-order valence-corrected chi connectivity index (χ1v) is 13.8. The number of esters is 4. The summed E-state index contributed by atoms with van der Waals surface area (Å²) in [5.74, 6) is -7.38. The third-order valence-electron chi connectivity index (χ3n) is 8.63. The highest BCUT2D eigenvalue weighted by atomic mass is 16.6. The summed E-state index contributed by atoms with van der Waals surface area (Å²) < 4.78 is 20.9. The van der Waals surface area contributed by atoms with Crippen molar-refractivity contribution in [2.45, 2.75) is 23.7 Å². The van der Waals surface area contributed by atoms with Crippen LogP contribution in [0.15, 0.2) is 60.7 Å². The summed E-state index contributed by atoms with van der Waals surface area (Å²) in [5, 5.41) is 0. The van der Waals surface area contributed by atoms with E-state index in [2.05, 4.69) is 0 Å². The summed E-state index contributed by atoms with van der Waals surface area (Å²) >= 11 is 0. The van der Waals surface area contributed by atoms with Crippen LogP contribution in [-0.2, 0) is 38.2 Å². The number of hydrogen-bond donors (Lipinski definition) is 0. The van der Waals surface area contributed by atoms with Gasteiger partial charge in [-0.1, -0.05) is 36.4 Å². The molecule has 4 atom stereocenters. The van der Waals surface area contributed by atoms with Crippen molar-refractivity contribution in [2.24, 2.45) is 0 Å². The number of carbonyl (C=O) groups excluding carboxylic acids is 6. The molecule has 0 radical (unpaired) electrons. The van der Waals surface area contributed by atoms with Crippen LogP contribution in [0.2, 0.25) is 0 Å². The molecule has 3 aromatic rings. The lowest BCUT2D eigenvalue weighted by Gasteiger charge is -2.19. The molecule has 0 spiro atoms. The number of methoxy groups -OCH3 is 2. The number of ether oxygens (including phenoxy) is 4. The quantitative estimate of drug-likeness (QED) is 0.307. The lowest BCUT2D eigenvalue weighted by molar-refractivity contribution is -0.140. The molecule has 44 heavy (non-hydrogen) atoms. The van der Waals surface area contributed by atoms with E-state index in [9.17, 15) is 28.8 Å². The van der Waals surface area contributed by atoms with Crippen molar-refractivity contribution in [3.8, 4) is 11.5 Å². The lowest BCUT2D eigenvalue weighted by Crippen LogP contribution is -2.36. The van der Waals surface area contributed by atoms with Gasteiger partial charge in [-0.15, -0.1) is 0 Å². The van der Waals surface area contributed by atoms with Gasteiger partial charge in [-0.05, 0) is 35.4 Å². The zero-order valence-corrected chi connectivity index (χ0v) is 23.5. The molecular weight excluding hydrogens is 572 g/mol. The van der Waals surface area contributed by atoms with Gasteiger partial charge in [0.05, 0.1) is 26.1 Å². The van der Waals surface area contributed by atoms with Crippen LogP contribution in [0.1, 0.15) is 45.9 Å². The predicted octanol–water partition coefficient (Wildman–Crippen LogP) is 2.30. The third kappa shape index (κ3) is 3.90. The van der Waals surface area contributed by atoms with Crippen molar-refractivity contribution in [1.82, 2.24) is 0 Å². The molecule has 0 bridgehead atoms. The minimum atomic E-state index is -1.08. The Morgan fingerprint density at radius 1 is 0.614 bits per heavy atom. The molecule has 0 saturated heterocycles. The molecule has 12 heteroatoms. The molecule has 222 valence electrons. The highest BCUT2D eigenvalue weighted by Gasteiger charge is 2.53. The molecule has 2 amide bonds. The van der Waals surface area contributed by atoms with Crippen LogP contribution in [0.5, 0.6) is 11.5 Å². The maximum atomic E-state index is 13.7. The summed E-state index contributed by atoms with van der Waals surface area (Å²) in [6.07, 6.45) is 0. The fourth-order valence-corrected chi connectivity index (χ4v) is 6.67. The van der Waals surface area contributed by atoms with Gasteiger partial charge in [-0.2, -0.15) is 0 Å². The molecule has 4 aliphatic heterocycles. The van der Waals surface area contributed by atoms with Gasteiger partial charge in [0.25, 0.3) is 0 Å². The van der Waals surface area contributed by atoms with Gasteiger partial charge >= 0.3 is 23.9 Å². The average molecular weight is 597 g/mol. The van der Waals surface area contributed by atoms with E-state index < -0.39 is 59.4 Å². The first-order valence-electron chi connectivity index (χ1n) is 13.8. The summed E-state index contributed by atoms with van der Waals surface area (Å²) in [6, 6.07) is 16.7. The Bertz CT molecular complexity index is 1680. The van der Waals surface area contributed by atoms with Gasteiger partial charge in [-0.25, -0.2) is 0 Å². The number of anilines is 2. The Hall–Kier alpha value is -5.52. The molecule has 3 aromatic carbocycles. The highest BCUT2D eigenvalue weighted by molar-refractivity contribution is 6.12. The predicted molar refractivity (Wildman–Crippen MR) is 150 cm³/mol. The number of rotatable bonds is 6. The standard InChI is InChI=1S/C32H24N2O10/c1-41-23(35)13-33-19-9-5-3-7-15(19)25(29(33)37)27-17-11-22-18(12-21(17)43-31(27)39)28(32(40)44-22)26-16-8-4-6-10-20(16)34(30(26)38)14-24(36)42-2/h3-12,25-28H,13-14H2,1-2H3. The molecule has 0 aliphatic carbocycles. The second-order valence-corrected chi connectivity index (χ2v) is 10.8. The van der Waals surface area contributed by atoms with E-state index in [1.54, 1.807) is 48.5 Å². The molecule has 0 fully saturated rings. The Kier molecular flexibility index (Phi) is 6.23. The summed E-state index contributed by atoms with van der Waals surface area (Å²) in [4.78, 5) is 80.9. The Balaban J connectivity index is 1.27. The maximum absolute atomic E-state index is 13.7. The van der Waals surface area contributed by atoms with Crippen LogP contribution in [0.4, 0.5) is 11.4 Å². The van der Waals surface area contributed by atoms with E-state index in [0.717, 1.165) is 0 Å². The van der Waals surface area contributed by atoms with Gasteiger partial charge in [0.1, 0.15) is 36.4 Å². The van der Waals surface area contributed by atoms with Crippen molar-refractivity contribution in [3.63, 3.8) is 0 Å². The summed E-state index contributed by atoms with van der Waals surface area (Å²) in [6.45, 7) is -0.657. The first kappa shape index (κ1) is 27.3. The minimum Gasteiger partial charge on any atom is -0.468 e. The van der Waals surface area contributed by atoms with Gasteiger partial charge in [0, 0.05) is 22.5 Å². The van der Waals surface area contributed by atoms with Crippen LogP contribution in [0.25, 0.3) is 0 Å². The number of nitrogens with zero attached hydrogens (tertiary/aromatic N) is 2. The van der Waals surface area contributed by atoms with Crippen LogP contribution in [0.3, 0.4) is 0 Å². The molecule has 4 unspecified atom stereocenters. The van der Waals surface area contributed by atoms with E-state index in [1.807, 2.05) is 0 Å². The normalized spacial score (nSPS) is 22.7.